The lowest BCUT2D eigenvalue weighted by molar-refractivity contribution is -0.121. The van der Waals surface area contributed by atoms with E-state index in [-0.39, 0.29) is 11.8 Å². The molecule has 5 heteroatoms. The predicted molar refractivity (Wildman–Crippen MR) is 114 cm³/mol. The van der Waals surface area contributed by atoms with Crippen LogP contribution in [0, 0.1) is 0 Å². The van der Waals surface area contributed by atoms with Gasteiger partial charge in [0, 0.05) is 31.4 Å². The second-order valence-corrected chi connectivity index (χ2v) is 7.06. The molecule has 1 N–H and O–H groups in total. The predicted octanol–water partition coefficient (Wildman–Crippen LogP) is 3.37. The molecule has 1 aliphatic rings. The van der Waals surface area contributed by atoms with Crippen molar-refractivity contribution in [3.05, 3.63) is 95.7 Å². The fraction of sp³-hybridized carbons (Fsp3) is 0.250. The van der Waals surface area contributed by atoms with E-state index in [0.29, 0.717) is 19.8 Å². The average molecular weight is 387 g/mol. The first kappa shape index (κ1) is 19.2. The Morgan fingerprint density at radius 1 is 0.931 bits per heavy atom. The number of ether oxygens (including phenoxy) is 1. The van der Waals surface area contributed by atoms with E-state index in [9.17, 15) is 4.79 Å². The number of anilines is 1. The summed E-state index contributed by atoms with van der Waals surface area (Å²) in [6.07, 6.45) is 1.80. The molecule has 0 unspecified atom stereocenters. The Kier molecular flexibility index (Phi) is 6.17. The third kappa shape index (κ3) is 4.63. The third-order valence-corrected chi connectivity index (χ3v) is 5.16. The molecule has 2 aromatic carbocycles. The van der Waals surface area contributed by atoms with Gasteiger partial charge in [0.1, 0.15) is 5.82 Å². The number of hydrogen-bond acceptors (Lipinski definition) is 4. The Morgan fingerprint density at radius 2 is 1.55 bits per heavy atom. The van der Waals surface area contributed by atoms with Gasteiger partial charge < -0.3 is 15.0 Å². The van der Waals surface area contributed by atoms with Crippen LogP contribution in [0.3, 0.4) is 0 Å². The standard InChI is InChI=1S/C24H25N3O2/c28-24(22(19-8-3-1-4-9-19)20-10-5-2-6-11-20)26-18-21-12-7-13-25-23(21)27-14-16-29-17-15-27/h1-13,22H,14-18H2,(H,26,28). The van der Waals surface area contributed by atoms with Crippen molar-refractivity contribution in [2.45, 2.75) is 12.5 Å². The number of nitrogens with one attached hydrogen (secondary N) is 1. The lowest BCUT2D eigenvalue weighted by atomic mass is 9.90. The zero-order valence-corrected chi connectivity index (χ0v) is 16.3. The van der Waals surface area contributed by atoms with Crippen LogP contribution < -0.4 is 10.2 Å². The van der Waals surface area contributed by atoms with E-state index in [2.05, 4.69) is 15.2 Å². The Morgan fingerprint density at radius 3 is 2.17 bits per heavy atom. The van der Waals surface area contributed by atoms with Crippen LogP contribution in [-0.4, -0.2) is 37.2 Å². The lowest BCUT2D eigenvalue weighted by Gasteiger charge is -2.29. The SMILES string of the molecule is O=C(NCc1cccnc1N1CCOCC1)C(c1ccccc1)c1ccccc1. The van der Waals surface area contributed by atoms with E-state index in [4.69, 9.17) is 4.74 Å². The summed E-state index contributed by atoms with van der Waals surface area (Å²) in [5.41, 5.74) is 2.98. The third-order valence-electron chi connectivity index (χ3n) is 5.16. The highest BCUT2D eigenvalue weighted by molar-refractivity contribution is 5.87. The summed E-state index contributed by atoms with van der Waals surface area (Å²) in [7, 11) is 0. The minimum Gasteiger partial charge on any atom is -0.378 e. The van der Waals surface area contributed by atoms with E-state index >= 15 is 0 Å². The van der Waals surface area contributed by atoms with Crippen molar-refractivity contribution >= 4 is 11.7 Å². The van der Waals surface area contributed by atoms with E-state index in [1.54, 1.807) is 6.20 Å². The van der Waals surface area contributed by atoms with Gasteiger partial charge in [-0.3, -0.25) is 4.79 Å². The summed E-state index contributed by atoms with van der Waals surface area (Å²) in [6.45, 7) is 3.47. The van der Waals surface area contributed by atoms with E-state index in [0.717, 1.165) is 35.6 Å². The number of morpholine rings is 1. The Hall–Kier alpha value is -3.18. The number of rotatable bonds is 6. The molecule has 1 saturated heterocycles. The monoisotopic (exact) mass is 387 g/mol. The largest absolute Gasteiger partial charge is 0.378 e. The van der Waals surface area contributed by atoms with Crippen molar-refractivity contribution in [3.8, 4) is 0 Å². The maximum atomic E-state index is 13.2. The highest BCUT2D eigenvalue weighted by Gasteiger charge is 2.23. The molecule has 0 radical (unpaired) electrons. The van der Waals surface area contributed by atoms with Crippen LogP contribution in [0.15, 0.2) is 79.0 Å². The van der Waals surface area contributed by atoms with Gasteiger partial charge in [-0.05, 0) is 17.2 Å². The zero-order valence-electron chi connectivity index (χ0n) is 16.3. The summed E-state index contributed by atoms with van der Waals surface area (Å²) in [5.74, 6) is 0.562. The maximum absolute atomic E-state index is 13.2. The first-order valence-corrected chi connectivity index (χ1v) is 9.97. The number of aromatic nitrogens is 1. The molecule has 0 atom stereocenters. The molecule has 0 bridgehead atoms. The molecule has 1 amide bonds. The van der Waals surface area contributed by atoms with Crippen LogP contribution in [0.5, 0.6) is 0 Å². The Balaban J connectivity index is 1.53. The number of nitrogens with zero attached hydrogens (tertiary/aromatic N) is 2. The van der Waals surface area contributed by atoms with Gasteiger partial charge in [0.2, 0.25) is 5.91 Å². The summed E-state index contributed by atoms with van der Waals surface area (Å²) < 4.78 is 5.45. The van der Waals surface area contributed by atoms with Gasteiger partial charge >= 0.3 is 0 Å². The molecule has 1 fully saturated rings. The van der Waals surface area contributed by atoms with E-state index < -0.39 is 0 Å². The van der Waals surface area contributed by atoms with E-state index in [1.807, 2.05) is 72.8 Å². The van der Waals surface area contributed by atoms with Crippen molar-refractivity contribution in [3.63, 3.8) is 0 Å². The van der Waals surface area contributed by atoms with Gasteiger partial charge in [-0.25, -0.2) is 4.98 Å². The molecule has 0 aliphatic carbocycles. The fourth-order valence-corrected chi connectivity index (χ4v) is 3.70. The lowest BCUT2D eigenvalue weighted by Crippen LogP contribution is -2.38. The van der Waals surface area contributed by atoms with E-state index in [1.165, 1.54) is 0 Å². The molecule has 0 spiro atoms. The Bertz CT molecular complexity index is 886. The molecule has 3 aromatic rings. The van der Waals surface area contributed by atoms with Crippen LogP contribution >= 0.6 is 0 Å². The summed E-state index contributed by atoms with van der Waals surface area (Å²) in [6, 6.07) is 23.7. The molecule has 4 rings (SSSR count). The normalized spacial score (nSPS) is 14.0. The minimum atomic E-state index is -0.346. The van der Waals surface area contributed by atoms with Gasteiger partial charge in [0.05, 0.1) is 19.1 Å². The second kappa shape index (κ2) is 9.34. The molecule has 5 nitrogen and oxygen atoms in total. The van der Waals surface area contributed by atoms with Crippen molar-refractivity contribution in [1.82, 2.24) is 10.3 Å². The average Bonchev–Trinajstić information content (AvgIpc) is 2.80. The summed E-state index contributed by atoms with van der Waals surface area (Å²) >= 11 is 0. The van der Waals surface area contributed by atoms with Crippen LogP contribution in [0.25, 0.3) is 0 Å². The number of carbonyl (C=O) groups excluding carboxylic acids is 1. The summed E-state index contributed by atoms with van der Waals surface area (Å²) in [5, 5.41) is 3.14. The zero-order chi connectivity index (χ0) is 19.9. The van der Waals surface area contributed by atoms with Crippen LogP contribution in [0.1, 0.15) is 22.6 Å². The molecule has 2 heterocycles. The highest BCUT2D eigenvalue weighted by atomic mass is 16.5. The van der Waals surface area contributed by atoms with Crippen LogP contribution in [0.4, 0.5) is 5.82 Å². The number of hydrogen-bond donors (Lipinski definition) is 1. The molecule has 148 valence electrons. The highest BCUT2D eigenvalue weighted by Crippen LogP contribution is 2.25. The number of pyridine rings is 1. The van der Waals surface area contributed by atoms with Crippen LogP contribution in [-0.2, 0) is 16.1 Å². The first-order valence-electron chi connectivity index (χ1n) is 9.97. The van der Waals surface area contributed by atoms with Crippen molar-refractivity contribution in [2.75, 3.05) is 31.2 Å². The van der Waals surface area contributed by atoms with Gasteiger partial charge in [-0.1, -0.05) is 66.7 Å². The molecule has 1 aromatic heterocycles. The van der Waals surface area contributed by atoms with Crippen LogP contribution in [0.2, 0.25) is 0 Å². The van der Waals surface area contributed by atoms with Crippen molar-refractivity contribution in [2.24, 2.45) is 0 Å². The van der Waals surface area contributed by atoms with Gasteiger partial charge in [0.15, 0.2) is 0 Å². The maximum Gasteiger partial charge on any atom is 0.232 e. The first-order chi connectivity index (χ1) is 14.3. The van der Waals surface area contributed by atoms with Crippen molar-refractivity contribution < 1.29 is 9.53 Å². The molecule has 1 aliphatic heterocycles. The number of benzene rings is 2. The number of carbonyl (C=O) groups is 1. The molecular formula is C24H25N3O2. The molecular weight excluding hydrogens is 362 g/mol. The van der Waals surface area contributed by atoms with Gasteiger partial charge in [-0.2, -0.15) is 0 Å². The number of amides is 1. The molecule has 29 heavy (non-hydrogen) atoms. The topological polar surface area (TPSA) is 54.5 Å². The summed E-state index contributed by atoms with van der Waals surface area (Å²) in [4.78, 5) is 20.0. The fourth-order valence-electron chi connectivity index (χ4n) is 3.70. The van der Waals surface area contributed by atoms with Gasteiger partial charge in [0.25, 0.3) is 0 Å². The quantitative estimate of drug-likeness (QED) is 0.705. The van der Waals surface area contributed by atoms with Gasteiger partial charge in [-0.15, -0.1) is 0 Å². The second-order valence-electron chi connectivity index (χ2n) is 7.06. The molecule has 0 saturated carbocycles. The van der Waals surface area contributed by atoms with Crippen molar-refractivity contribution in [1.29, 1.82) is 0 Å². The minimum absolute atomic E-state index is 0.0146. The Labute approximate surface area is 171 Å². The smallest absolute Gasteiger partial charge is 0.232 e.